The van der Waals surface area contributed by atoms with Crippen LogP contribution in [0.1, 0.15) is 24.2 Å². The zero-order valence-corrected chi connectivity index (χ0v) is 14.6. The van der Waals surface area contributed by atoms with E-state index in [2.05, 4.69) is 4.98 Å². The van der Waals surface area contributed by atoms with Crippen LogP contribution in [0.25, 0.3) is 16.7 Å². The van der Waals surface area contributed by atoms with Gasteiger partial charge in [0, 0.05) is 17.8 Å². The number of aromatic nitrogens is 2. The van der Waals surface area contributed by atoms with Crippen molar-refractivity contribution in [1.82, 2.24) is 9.55 Å². The number of nitrogen functional groups attached to an aromatic ring is 1. The molecule has 24 heavy (non-hydrogen) atoms. The Labute approximate surface area is 148 Å². The lowest BCUT2D eigenvalue weighted by Gasteiger charge is -2.27. The molecule has 0 aromatic carbocycles. The number of carbonyl (C=O) groups is 1. The van der Waals surface area contributed by atoms with E-state index in [1.807, 2.05) is 13.8 Å². The molecule has 0 saturated heterocycles. The van der Waals surface area contributed by atoms with E-state index in [0.717, 1.165) is 11.3 Å². The molecule has 126 valence electrons. The summed E-state index contributed by atoms with van der Waals surface area (Å²) in [7, 11) is 0. The normalized spacial score (nSPS) is 20.9. The summed E-state index contributed by atoms with van der Waals surface area (Å²) in [6.45, 7) is 3.75. The smallest absolute Gasteiger partial charge is 0.253 e. The molecule has 5 N–H and O–H groups in total. The molecular weight excluding hydrogens is 351 g/mol. The molecule has 2 aromatic heterocycles. The summed E-state index contributed by atoms with van der Waals surface area (Å²) in [5, 5.41) is 10.8. The van der Waals surface area contributed by atoms with Gasteiger partial charge in [-0.3, -0.25) is 9.36 Å². The van der Waals surface area contributed by atoms with Crippen molar-refractivity contribution in [3.8, 4) is 0 Å². The lowest BCUT2D eigenvalue weighted by Crippen LogP contribution is -2.24. The van der Waals surface area contributed by atoms with Crippen molar-refractivity contribution < 1.29 is 9.90 Å². The minimum Gasteiger partial charge on any atom is -0.388 e. The molecule has 1 amide bonds. The Morgan fingerprint density at radius 1 is 1.42 bits per heavy atom. The van der Waals surface area contributed by atoms with Crippen molar-refractivity contribution in [1.29, 1.82) is 0 Å². The summed E-state index contributed by atoms with van der Waals surface area (Å²) in [5.41, 5.74) is 13.8. The molecule has 6 nitrogen and oxygen atoms in total. The number of amides is 1. The van der Waals surface area contributed by atoms with Crippen molar-refractivity contribution in [2.75, 3.05) is 5.73 Å². The Hall–Kier alpha value is -2.02. The van der Waals surface area contributed by atoms with Gasteiger partial charge in [0.1, 0.15) is 11.5 Å². The second-order valence-corrected chi connectivity index (χ2v) is 6.57. The SMILES string of the molecule is CC1=C(n2c(N)c(C(N)=O)c3c(Cl)c(Cl)cnc32)[C@H](C)[C@H](O)C=C1. The molecule has 0 aliphatic heterocycles. The fourth-order valence-electron chi connectivity index (χ4n) is 3.09. The monoisotopic (exact) mass is 366 g/mol. The Morgan fingerprint density at radius 2 is 2.08 bits per heavy atom. The van der Waals surface area contributed by atoms with Crippen molar-refractivity contribution in [2.45, 2.75) is 20.0 Å². The summed E-state index contributed by atoms with van der Waals surface area (Å²) in [6.07, 6.45) is 4.22. The van der Waals surface area contributed by atoms with Gasteiger partial charge in [0.15, 0.2) is 0 Å². The molecule has 2 aromatic rings. The van der Waals surface area contributed by atoms with Crippen molar-refractivity contribution in [2.24, 2.45) is 11.7 Å². The molecule has 2 atom stereocenters. The summed E-state index contributed by atoms with van der Waals surface area (Å²) < 4.78 is 1.62. The van der Waals surface area contributed by atoms with Crippen molar-refractivity contribution in [3.05, 3.63) is 39.5 Å². The van der Waals surface area contributed by atoms with Crippen LogP contribution in [0, 0.1) is 5.92 Å². The van der Waals surface area contributed by atoms with Gasteiger partial charge in [0.25, 0.3) is 5.91 Å². The van der Waals surface area contributed by atoms with E-state index < -0.39 is 12.0 Å². The Morgan fingerprint density at radius 3 is 2.71 bits per heavy atom. The van der Waals surface area contributed by atoms with E-state index in [1.54, 1.807) is 16.7 Å². The zero-order chi connectivity index (χ0) is 17.8. The number of halogens is 2. The van der Waals surface area contributed by atoms with Crippen LogP contribution in [-0.2, 0) is 0 Å². The molecule has 3 rings (SSSR count). The third-order valence-corrected chi connectivity index (χ3v) is 5.07. The van der Waals surface area contributed by atoms with Crippen molar-refractivity contribution >= 4 is 51.7 Å². The number of hydrogen-bond acceptors (Lipinski definition) is 4. The van der Waals surface area contributed by atoms with Crippen LogP contribution in [0.3, 0.4) is 0 Å². The number of pyridine rings is 1. The quantitative estimate of drug-likeness (QED) is 0.759. The number of fused-ring (bicyclic) bond motifs is 1. The van der Waals surface area contributed by atoms with Gasteiger partial charge in [0.2, 0.25) is 0 Å². The lowest BCUT2D eigenvalue weighted by molar-refractivity contribution is 0.100. The van der Waals surface area contributed by atoms with Gasteiger partial charge in [-0.15, -0.1) is 0 Å². The lowest BCUT2D eigenvalue weighted by atomic mass is 9.91. The number of rotatable bonds is 2. The first-order valence-corrected chi connectivity index (χ1v) is 8.02. The average Bonchev–Trinajstić information content (AvgIpc) is 2.81. The van der Waals surface area contributed by atoms with Crippen LogP contribution in [0.15, 0.2) is 23.9 Å². The number of nitrogens with two attached hydrogens (primary N) is 2. The van der Waals surface area contributed by atoms with Gasteiger partial charge in [-0.25, -0.2) is 4.98 Å². The molecule has 0 spiro atoms. The zero-order valence-electron chi connectivity index (χ0n) is 13.0. The minimum absolute atomic E-state index is 0.0709. The Kier molecular flexibility index (Phi) is 4.07. The van der Waals surface area contributed by atoms with Gasteiger partial charge in [-0.05, 0) is 12.5 Å². The second-order valence-electron chi connectivity index (χ2n) is 5.79. The number of primary amides is 1. The van der Waals surface area contributed by atoms with Gasteiger partial charge in [-0.2, -0.15) is 0 Å². The van der Waals surface area contributed by atoms with E-state index in [-0.39, 0.29) is 27.3 Å². The van der Waals surface area contributed by atoms with Crippen LogP contribution in [-0.4, -0.2) is 26.7 Å². The summed E-state index contributed by atoms with van der Waals surface area (Å²) in [6, 6.07) is 0. The molecular formula is C16H16Cl2N4O2. The molecule has 8 heteroatoms. The number of nitrogens with zero attached hydrogens (tertiary/aromatic N) is 2. The molecule has 2 heterocycles. The van der Waals surface area contributed by atoms with E-state index in [4.69, 9.17) is 34.7 Å². The maximum absolute atomic E-state index is 11.9. The first kappa shape index (κ1) is 16.8. The summed E-state index contributed by atoms with van der Waals surface area (Å²) >= 11 is 12.3. The topological polar surface area (TPSA) is 107 Å². The fourth-order valence-corrected chi connectivity index (χ4v) is 3.46. The molecule has 0 saturated carbocycles. The average molecular weight is 367 g/mol. The molecule has 0 unspecified atom stereocenters. The van der Waals surface area contributed by atoms with Crippen LogP contribution >= 0.6 is 23.2 Å². The molecule has 1 aliphatic carbocycles. The maximum Gasteiger partial charge on any atom is 0.253 e. The molecule has 0 fully saturated rings. The first-order chi connectivity index (χ1) is 11.3. The highest BCUT2D eigenvalue weighted by Crippen LogP contribution is 2.41. The van der Waals surface area contributed by atoms with Crippen LogP contribution in [0.5, 0.6) is 0 Å². The number of hydrogen-bond donors (Lipinski definition) is 3. The van der Waals surface area contributed by atoms with Gasteiger partial charge in [-0.1, -0.05) is 42.3 Å². The van der Waals surface area contributed by atoms with Crippen molar-refractivity contribution in [3.63, 3.8) is 0 Å². The molecule has 0 radical (unpaired) electrons. The van der Waals surface area contributed by atoms with Crippen LogP contribution in [0.4, 0.5) is 5.82 Å². The predicted molar refractivity (Wildman–Crippen MR) is 95.9 cm³/mol. The van der Waals surface area contributed by atoms with Gasteiger partial charge in [0.05, 0.1) is 27.1 Å². The largest absolute Gasteiger partial charge is 0.388 e. The number of aliphatic hydroxyl groups is 1. The predicted octanol–water partition coefficient (Wildman–Crippen LogP) is 2.82. The summed E-state index contributed by atoms with van der Waals surface area (Å²) in [4.78, 5) is 16.2. The third-order valence-electron chi connectivity index (χ3n) is 4.29. The number of allylic oxidation sites excluding steroid dienone is 2. The number of aliphatic hydroxyl groups excluding tert-OH is 1. The van der Waals surface area contributed by atoms with Crippen LogP contribution < -0.4 is 11.5 Å². The number of anilines is 1. The van der Waals surface area contributed by atoms with E-state index in [1.165, 1.54) is 6.20 Å². The second kappa shape index (κ2) is 5.81. The molecule has 1 aliphatic rings. The van der Waals surface area contributed by atoms with Crippen LogP contribution in [0.2, 0.25) is 10.0 Å². The van der Waals surface area contributed by atoms with Gasteiger partial charge < -0.3 is 16.6 Å². The highest BCUT2D eigenvalue weighted by molar-refractivity contribution is 6.46. The van der Waals surface area contributed by atoms with E-state index >= 15 is 0 Å². The van der Waals surface area contributed by atoms with E-state index in [9.17, 15) is 9.90 Å². The third kappa shape index (κ3) is 2.30. The maximum atomic E-state index is 11.9. The van der Waals surface area contributed by atoms with Gasteiger partial charge >= 0.3 is 0 Å². The summed E-state index contributed by atoms with van der Waals surface area (Å²) in [5.74, 6) is -0.859. The highest BCUT2D eigenvalue weighted by atomic mass is 35.5. The Balaban J connectivity index is 2.47. The molecule has 0 bridgehead atoms. The van der Waals surface area contributed by atoms with E-state index in [0.29, 0.717) is 11.0 Å². The highest BCUT2D eigenvalue weighted by Gasteiger charge is 2.30. The standard InChI is InChI=1S/C16H16Cl2N4O2/c1-6-3-4-9(23)7(2)13(6)22-14(19)11(15(20)24)10-12(18)8(17)5-21-16(10)22/h3-5,7,9,23H,19H2,1-2H3,(H2,20,24)/t7-,9-/m1/s1. The Bertz CT molecular complexity index is 930. The minimum atomic E-state index is -0.722. The fraction of sp³-hybridized carbons (Fsp3) is 0.250. The number of carbonyl (C=O) groups excluding carboxylic acids is 1. The first-order valence-electron chi connectivity index (χ1n) is 7.26.